The summed E-state index contributed by atoms with van der Waals surface area (Å²) in [5.41, 5.74) is 2.03. The molecule has 5 heteroatoms. The second-order valence-electron chi connectivity index (χ2n) is 5.66. The lowest BCUT2D eigenvalue weighted by Gasteiger charge is -2.11. The van der Waals surface area contributed by atoms with Crippen molar-refractivity contribution in [2.75, 3.05) is 12.4 Å². The van der Waals surface area contributed by atoms with Crippen LogP contribution in [0.2, 0.25) is 0 Å². The first-order valence-electron chi connectivity index (χ1n) is 8.57. The summed E-state index contributed by atoms with van der Waals surface area (Å²) in [5.74, 6) is 1.63. The summed E-state index contributed by atoms with van der Waals surface area (Å²) in [7, 11) is 0. The highest BCUT2D eigenvalue weighted by molar-refractivity contribution is 7.99. The number of rotatable bonds is 7. The lowest BCUT2D eigenvalue weighted by molar-refractivity contribution is 0.343. The van der Waals surface area contributed by atoms with Crippen LogP contribution in [0.3, 0.4) is 0 Å². The Morgan fingerprint density at radius 3 is 2.76 bits per heavy atom. The highest BCUT2D eigenvalue weighted by atomic mass is 32.2. The molecule has 1 heterocycles. The molecule has 0 saturated carbocycles. The van der Waals surface area contributed by atoms with Crippen LogP contribution in [-0.4, -0.2) is 21.9 Å². The van der Waals surface area contributed by atoms with Crippen LogP contribution in [0.5, 0.6) is 5.75 Å². The van der Waals surface area contributed by atoms with Crippen LogP contribution in [0.25, 0.3) is 10.9 Å². The lowest BCUT2D eigenvalue weighted by Crippen LogP contribution is -2.22. The minimum Gasteiger partial charge on any atom is -0.493 e. The van der Waals surface area contributed by atoms with Gasteiger partial charge in [-0.05, 0) is 43.2 Å². The van der Waals surface area contributed by atoms with E-state index in [1.165, 1.54) is 5.56 Å². The molecule has 0 unspecified atom stereocenters. The summed E-state index contributed by atoms with van der Waals surface area (Å²) in [5, 5.41) is 1.42. The maximum absolute atomic E-state index is 12.6. The monoisotopic (exact) mass is 354 g/mol. The molecule has 0 N–H and O–H groups in total. The van der Waals surface area contributed by atoms with E-state index in [4.69, 9.17) is 4.74 Å². The zero-order valence-electron chi connectivity index (χ0n) is 14.6. The highest BCUT2D eigenvalue weighted by Gasteiger charge is 2.10. The second-order valence-corrected chi connectivity index (χ2v) is 6.72. The number of nitrogens with zero attached hydrogens (tertiary/aromatic N) is 2. The molecule has 0 bridgehead atoms. The van der Waals surface area contributed by atoms with Gasteiger partial charge in [-0.2, -0.15) is 0 Å². The largest absolute Gasteiger partial charge is 0.493 e. The third-order valence-corrected chi connectivity index (χ3v) is 4.97. The van der Waals surface area contributed by atoms with Gasteiger partial charge < -0.3 is 4.74 Å². The van der Waals surface area contributed by atoms with Crippen LogP contribution < -0.4 is 10.3 Å². The number of para-hydroxylation sites is 1. The average Bonchev–Trinajstić information content (AvgIpc) is 2.65. The third kappa shape index (κ3) is 4.04. The maximum Gasteiger partial charge on any atom is 0.262 e. The van der Waals surface area contributed by atoms with Crippen LogP contribution in [-0.2, 0) is 13.0 Å². The molecule has 0 aliphatic carbocycles. The average molecular weight is 354 g/mol. The number of ether oxygens (including phenoxy) is 1. The minimum absolute atomic E-state index is 0.0205. The predicted octanol–water partition coefficient (Wildman–Crippen LogP) is 4.15. The number of hydrogen-bond acceptors (Lipinski definition) is 4. The normalized spacial score (nSPS) is 11.0. The smallest absolute Gasteiger partial charge is 0.262 e. The van der Waals surface area contributed by atoms with E-state index in [2.05, 4.69) is 24.0 Å². The summed E-state index contributed by atoms with van der Waals surface area (Å²) in [6.07, 6.45) is 0.996. The van der Waals surface area contributed by atoms with Crippen molar-refractivity contribution in [3.63, 3.8) is 0 Å². The van der Waals surface area contributed by atoms with Gasteiger partial charge in [-0.1, -0.05) is 43.0 Å². The number of hydrogen-bond donors (Lipinski definition) is 0. The molecule has 0 spiro atoms. The zero-order chi connectivity index (χ0) is 17.6. The van der Waals surface area contributed by atoms with E-state index in [1.54, 1.807) is 16.3 Å². The summed E-state index contributed by atoms with van der Waals surface area (Å²) >= 11 is 1.56. The molecule has 3 aromatic rings. The van der Waals surface area contributed by atoms with Crippen molar-refractivity contribution in [3.05, 3.63) is 64.4 Å². The van der Waals surface area contributed by atoms with Gasteiger partial charge in [0.25, 0.3) is 5.56 Å². The first kappa shape index (κ1) is 17.5. The number of fused-ring (bicyclic) bond motifs is 1. The van der Waals surface area contributed by atoms with Gasteiger partial charge in [-0.25, -0.2) is 4.98 Å². The number of benzene rings is 2. The van der Waals surface area contributed by atoms with Gasteiger partial charge in [0.15, 0.2) is 5.16 Å². The van der Waals surface area contributed by atoms with E-state index in [0.717, 1.165) is 28.6 Å². The Hall–Kier alpha value is -2.27. The van der Waals surface area contributed by atoms with E-state index in [1.807, 2.05) is 43.3 Å². The fourth-order valence-corrected chi connectivity index (χ4v) is 3.56. The molecular weight excluding hydrogens is 332 g/mol. The fraction of sp³-hybridized carbons (Fsp3) is 0.300. The molecular formula is C20H22N2O2S. The quantitative estimate of drug-likeness (QED) is 0.363. The summed E-state index contributed by atoms with van der Waals surface area (Å²) in [6.45, 7) is 5.28. The summed E-state index contributed by atoms with van der Waals surface area (Å²) in [4.78, 5) is 17.2. The highest BCUT2D eigenvalue weighted by Crippen LogP contribution is 2.19. The molecule has 130 valence electrons. The van der Waals surface area contributed by atoms with Crippen LogP contribution in [0.4, 0.5) is 0 Å². The van der Waals surface area contributed by atoms with Gasteiger partial charge in [0.1, 0.15) is 5.75 Å². The summed E-state index contributed by atoms with van der Waals surface area (Å²) in [6, 6.07) is 15.6. The Morgan fingerprint density at radius 2 is 1.96 bits per heavy atom. The number of aromatic nitrogens is 2. The van der Waals surface area contributed by atoms with Gasteiger partial charge in [-0.15, -0.1) is 0 Å². The van der Waals surface area contributed by atoms with Crippen LogP contribution in [0.15, 0.2) is 58.5 Å². The molecule has 0 aliphatic rings. The molecule has 1 aromatic heterocycles. The van der Waals surface area contributed by atoms with Crippen LogP contribution in [0, 0.1) is 0 Å². The molecule has 0 radical (unpaired) electrons. The number of aryl methyl sites for hydroxylation is 1. The SMILES string of the molecule is CCc1cccc(OCCSc2nc3ccccc3c(=O)n2CC)c1. The Kier molecular flexibility index (Phi) is 5.76. The molecule has 0 atom stereocenters. The van der Waals surface area contributed by atoms with Gasteiger partial charge in [-0.3, -0.25) is 9.36 Å². The van der Waals surface area contributed by atoms with Crippen molar-refractivity contribution in [1.82, 2.24) is 9.55 Å². The second kappa shape index (κ2) is 8.21. The van der Waals surface area contributed by atoms with Gasteiger partial charge >= 0.3 is 0 Å². The van der Waals surface area contributed by atoms with E-state index in [-0.39, 0.29) is 5.56 Å². The molecule has 3 rings (SSSR count). The van der Waals surface area contributed by atoms with Gasteiger partial charge in [0.05, 0.1) is 17.5 Å². The first-order valence-corrected chi connectivity index (χ1v) is 9.55. The zero-order valence-corrected chi connectivity index (χ0v) is 15.4. The summed E-state index contributed by atoms with van der Waals surface area (Å²) < 4.78 is 7.55. The van der Waals surface area contributed by atoms with E-state index in [0.29, 0.717) is 18.5 Å². The fourth-order valence-electron chi connectivity index (χ4n) is 2.68. The molecule has 4 nitrogen and oxygen atoms in total. The van der Waals surface area contributed by atoms with Crippen molar-refractivity contribution in [2.45, 2.75) is 32.0 Å². The lowest BCUT2D eigenvalue weighted by atomic mass is 10.2. The van der Waals surface area contributed by atoms with Crippen molar-refractivity contribution in [2.24, 2.45) is 0 Å². The molecule has 0 aliphatic heterocycles. The Labute approximate surface area is 151 Å². The minimum atomic E-state index is 0.0205. The predicted molar refractivity (Wildman–Crippen MR) is 104 cm³/mol. The van der Waals surface area contributed by atoms with Crippen molar-refractivity contribution >= 4 is 22.7 Å². The third-order valence-electron chi connectivity index (χ3n) is 4.03. The number of thioether (sulfide) groups is 1. The van der Waals surface area contributed by atoms with E-state index in [9.17, 15) is 4.79 Å². The topological polar surface area (TPSA) is 44.1 Å². The van der Waals surface area contributed by atoms with Crippen molar-refractivity contribution in [1.29, 1.82) is 0 Å². The first-order chi connectivity index (χ1) is 12.2. The van der Waals surface area contributed by atoms with E-state index >= 15 is 0 Å². The van der Waals surface area contributed by atoms with Crippen LogP contribution >= 0.6 is 11.8 Å². The van der Waals surface area contributed by atoms with Gasteiger partial charge in [0.2, 0.25) is 0 Å². The maximum atomic E-state index is 12.6. The molecule has 2 aromatic carbocycles. The Bertz CT molecular complexity index is 921. The molecule has 0 fully saturated rings. The van der Waals surface area contributed by atoms with Crippen molar-refractivity contribution < 1.29 is 4.74 Å². The van der Waals surface area contributed by atoms with E-state index < -0.39 is 0 Å². The Balaban J connectivity index is 1.69. The Morgan fingerprint density at radius 1 is 1.12 bits per heavy atom. The molecule has 25 heavy (non-hydrogen) atoms. The standard InChI is InChI=1S/C20H22N2O2S/c1-3-15-8-7-9-16(14-15)24-12-13-25-20-21-18-11-6-5-10-17(18)19(23)22(20)4-2/h5-11,14H,3-4,12-13H2,1-2H3. The van der Waals surface area contributed by atoms with Gasteiger partial charge in [0, 0.05) is 12.3 Å². The molecule has 0 amide bonds. The van der Waals surface area contributed by atoms with Crippen molar-refractivity contribution in [3.8, 4) is 5.75 Å². The molecule has 0 saturated heterocycles. The van der Waals surface area contributed by atoms with Crippen LogP contribution in [0.1, 0.15) is 19.4 Å².